The quantitative estimate of drug-likeness (QED) is 0.826. The van der Waals surface area contributed by atoms with Crippen LogP contribution in [0.5, 0.6) is 5.75 Å². The van der Waals surface area contributed by atoms with Gasteiger partial charge in [0.2, 0.25) is 0 Å². The average molecular weight is 219 g/mol. The Balaban J connectivity index is 1.97. The molecule has 0 aromatic heterocycles. The van der Waals surface area contributed by atoms with E-state index in [4.69, 9.17) is 10.5 Å². The van der Waals surface area contributed by atoms with E-state index in [1.165, 1.54) is 24.0 Å². The predicted octanol–water partition coefficient (Wildman–Crippen LogP) is 2.81. The summed E-state index contributed by atoms with van der Waals surface area (Å²) in [4.78, 5) is 0. The molecule has 1 aliphatic rings. The Labute approximate surface area is 97.8 Å². The van der Waals surface area contributed by atoms with Crippen molar-refractivity contribution in [2.75, 3.05) is 13.2 Å². The van der Waals surface area contributed by atoms with Gasteiger partial charge in [-0.25, -0.2) is 0 Å². The second kappa shape index (κ2) is 4.46. The molecule has 0 amide bonds. The third-order valence-corrected chi connectivity index (χ3v) is 3.72. The number of hydrogen-bond acceptors (Lipinski definition) is 2. The maximum Gasteiger partial charge on any atom is 0.122 e. The van der Waals surface area contributed by atoms with Gasteiger partial charge in [-0.05, 0) is 56.8 Å². The monoisotopic (exact) mass is 219 g/mol. The van der Waals surface area contributed by atoms with Crippen molar-refractivity contribution < 1.29 is 4.74 Å². The maximum atomic E-state index is 5.94. The molecule has 0 radical (unpaired) electrons. The molecule has 16 heavy (non-hydrogen) atoms. The summed E-state index contributed by atoms with van der Waals surface area (Å²) in [7, 11) is 0. The Kier molecular flexibility index (Phi) is 3.20. The van der Waals surface area contributed by atoms with Crippen molar-refractivity contribution in [2.45, 2.75) is 33.1 Å². The lowest BCUT2D eigenvalue weighted by atomic mass is 10.0. The summed E-state index contributed by atoms with van der Waals surface area (Å²) in [5.41, 5.74) is 8.56. The van der Waals surface area contributed by atoms with Gasteiger partial charge in [-0.2, -0.15) is 0 Å². The first-order valence-corrected chi connectivity index (χ1v) is 6.06. The lowest BCUT2D eigenvalue weighted by Crippen LogP contribution is -2.17. The molecular weight excluding hydrogens is 198 g/mol. The van der Waals surface area contributed by atoms with Crippen molar-refractivity contribution in [1.29, 1.82) is 0 Å². The van der Waals surface area contributed by atoms with Crippen LogP contribution < -0.4 is 10.5 Å². The van der Waals surface area contributed by atoms with E-state index in [-0.39, 0.29) is 0 Å². The van der Waals surface area contributed by atoms with Crippen LogP contribution in [0.2, 0.25) is 0 Å². The van der Waals surface area contributed by atoms with Crippen LogP contribution in [-0.4, -0.2) is 13.2 Å². The summed E-state index contributed by atoms with van der Waals surface area (Å²) in [5, 5.41) is 0. The highest BCUT2D eigenvalue weighted by Gasteiger charge is 2.42. The van der Waals surface area contributed by atoms with Crippen molar-refractivity contribution >= 4 is 0 Å². The molecule has 1 aromatic rings. The molecule has 0 spiro atoms. The van der Waals surface area contributed by atoms with Gasteiger partial charge >= 0.3 is 0 Å². The van der Waals surface area contributed by atoms with Crippen LogP contribution >= 0.6 is 0 Å². The highest BCUT2D eigenvalue weighted by Crippen LogP contribution is 2.48. The lowest BCUT2D eigenvalue weighted by molar-refractivity contribution is 0.225. The molecule has 0 heterocycles. The molecular formula is C14H21NO. The molecule has 2 rings (SSSR count). The molecule has 0 atom stereocenters. The van der Waals surface area contributed by atoms with Gasteiger partial charge < -0.3 is 10.5 Å². The van der Waals surface area contributed by atoms with Crippen molar-refractivity contribution in [3.8, 4) is 5.75 Å². The third kappa shape index (κ3) is 2.38. The Hall–Kier alpha value is -1.02. The molecule has 0 saturated heterocycles. The first-order valence-electron chi connectivity index (χ1n) is 6.06. The van der Waals surface area contributed by atoms with Gasteiger partial charge in [-0.1, -0.05) is 12.1 Å². The summed E-state index contributed by atoms with van der Waals surface area (Å²) < 4.78 is 5.94. The second-order valence-electron chi connectivity index (χ2n) is 5.03. The zero-order chi connectivity index (χ0) is 11.6. The minimum absolute atomic E-state index is 0.394. The van der Waals surface area contributed by atoms with E-state index in [9.17, 15) is 0 Å². The van der Waals surface area contributed by atoms with Crippen molar-refractivity contribution in [3.05, 3.63) is 29.3 Å². The molecule has 2 heteroatoms. The smallest absolute Gasteiger partial charge is 0.122 e. The zero-order valence-corrected chi connectivity index (χ0v) is 10.3. The predicted molar refractivity (Wildman–Crippen MR) is 66.7 cm³/mol. The maximum absolute atomic E-state index is 5.94. The third-order valence-electron chi connectivity index (χ3n) is 3.72. The number of aryl methyl sites for hydroxylation is 1. The van der Waals surface area contributed by atoms with Gasteiger partial charge in [0, 0.05) is 5.41 Å². The Morgan fingerprint density at radius 2 is 2.06 bits per heavy atom. The first kappa shape index (κ1) is 11.5. The van der Waals surface area contributed by atoms with Gasteiger partial charge in [-0.3, -0.25) is 0 Å². The molecule has 1 aromatic carbocycles. The molecule has 1 saturated carbocycles. The van der Waals surface area contributed by atoms with Crippen molar-refractivity contribution in [3.63, 3.8) is 0 Å². The van der Waals surface area contributed by atoms with Crippen molar-refractivity contribution in [2.24, 2.45) is 11.1 Å². The minimum atomic E-state index is 0.394. The van der Waals surface area contributed by atoms with Gasteiger partial charge in [0.15, 0.2) is 0 Å². The van der Waals surface area contributed by atoms with Crippen LogP contribution in [0.15, 0.2) is 18.2 Å². The molecule has 0 aliphatic heterocycles. The second-order valence-corrected chi connectivity index (χ2v) is 5.03. The largest absolute Gasteiger partial charge is 0.493 e. The fraction of sp³-hybridized carbons (Fsp3) is 0.571. The van der Waals surface area contributed by atoms with Crippen LogP contribution in [0.4, 0.5) is 0 Å². The lowest BCUT2D eigenvalue weighted by Gasteiger charge is -2.17. The molecule has 0 unspecified atom stereocenters. The van der Waals surface area contributed by atoms with E-state index in [1.54, 1.807) is 0 Å². The zero-order valence-electron chi connectivity index (χ0n) is 10.3. The Morgan fingerprint density at radius 1 is 1.31 bits per heavy atom. The van der Waals surface area contributed by atoms with Gasteiger partial charge in [0.05, 0.1) is 6.61 Å². The molecule has 2 nitrogen and oxygen atoms in total. The molecule has 1 aliphatic carbocycles. The van der Waals surface area contributed by atoms with Gasteiger partial charge in [0.1, 0.15) is 5.75 Å². The number of hydrogen-bond donors (Lipinski definition) is 1. The van der Waals surface area contributed by atoms with E-state index >= 15 is 0 Å². The standard InChI is InChI=1S/C14H21NO/c1-11-4-3-5-13(12(11)2)16-10-14(6-7-14)8-9-15/h3-5H,6-10,15H2,1-2H3. The SMILES string of the molecule is Cc1cccc(OCC2(CCN)CC2)c1C. The molecule has 0 bridgehead atoms. The van der Waals surface area contributed by atoms with Crippen LogP contribution in [-0.2, 0) is 0 Å². The van der Waals surface area contributed by atoms with Gasteiger partial charge in [0.25, 0.3) is 0 Å². The number of nitrogens with two attached hydrogens (primary N) is 1. The summed E-state index contributed by atoms with van der Waals surface area (Å²) >= 11 is 0. The van der Waals surface area contributed by atoms with Crippen molar-refractivity contribution in [1.82, 2.24) is 0 Å². The number of benzene rings is 1. The summed E-state index contributed by atoms with van der Waals surface area (Å²) in [6, 6.07) is 6.23. The fourth-order valence-corrected chi connectivity index (χ4v) is 2.06. The van der Waals surface area contributed by atoms with Crippen LogP contribution in [0.25, 0.3) is 0 Å². The van der Waals surface area contributed by atoms with E-state index in [0.717, 1.165) is 25.3 Å². The Bertz CT molecular complexity index is 369. The minimum Gasteiger partial charge on any atom is -0.493 e. The van der Waals surface area contributed by atoms with E-state index in [0.29, 0.717) is 5.41 Å². The van der Waals surface area contributed by atoms with Crippen LogP contribution in [0, 0.1) is 19.3 Å². The van der Waals surface area contributed by atoms with E-state index < -0.39 is 0 Å². The van der Waals surface area contributed by atoms with Gasteiger partial charge in [-0.15, -0.1) is 0 Å². The normalized spacial score (nSPS) is 17.2. The highest BCUT2D eigenvalue weighted by atomic mass is 16.5. The highest BCUT2D eigenvalue weighted by molar-refractivity contribution is 5.38. The average Bonchev–Trinajstić information content (AvgIpc) is 3.02. The number of rotatable bonds is 5. The number of ether oxygens (including phenoxy) is 1. The van der Waals surface area contributed by atoms with Crippen LogP contribution in [0.1, 0.15) is 30.4 Å². The fourth-order valence-electron chi connectivity index (χ4n) is 2.06. The molecule has 88 valence electrons. The molecule has 2 N–H and O–H groups in total. The Morgan fingerprint density at radius 3 is 2.69 bits per heavy atom. The molecule has 1 fully saturated rings. The van der Waals surface area contributed by atoms with E-state index in [2.05, 4.69) is 32.0 Å². The summed E-state index contributed by atoms with van der Waals surface area (Å²) in [5.74, 6) is 1.03. The first-order chi connectivity index (χ1) is 7.67. The summed E-state index contributed by atoms with van der Waals surface area (Å²) in [6.45, 7) is 5.84. The topological polar surface area (TPSA) is 35.2 Å². The van der Waals surface area contributed by atoms with Crippen LogP contribution in [0.3, 0.4) is 0 Å². The van der Waals surface area contributed by atoms with E-state index in [1.807, 2.05) is 0 Å². The summed E-state index contributed by atoms with van der Waals surface area (Å²) in [6.07, 6.45) is 3.64.